The van der Waals surface area contributed by atoms with Gasteiger partial charge >= 0.3 is 0 Å². The molecule has 0 bridgehead atoms. The first-order valence-corrected chi connectivity index (χ1v) is 12.0. The monoisotopic (exact) mass is 419 g/mol. The minimum atomic E-state index is -3.67. The SMILES string of the molecule is NS(=O)(=O)c1ccc(CCNC(=O)CN2CCc3sccc3[C@@H]2C2CC2)cc1. The van der Waals surface area contributed by atoms with Crippen LogP contribution in [0.1, 0.15) is 34.9 Å². The third-order valence-corrected chi connectivity index (χ3v) is 7.45. The van der Waals surface area contributed by atoms with E-state index < -0.39 is 10.0 Å². The van der Waals surface area contributed by atoms with E-state index in [1.165, 1.54) is 35.4 Å². The van der Waals surface area contributed by atoms with E-state index in [1.807, 2.05) is 11.3 Å². The zero-order valence-electron chi connectivity index (χ0n) is 15.6. The van der Waals surface area contributed by atoms with Crippen LogP contribution >= 0.6 is 11.3 Å². The fraction of sp³-hybridized carbons (Fsp3) is 0.450. The number of hydrogen-bond acceptors (Lipinski definition) is 5. The molecule has 1 aromatic carbocycles. The number of rotatable bonds is 7. The number of nitrogens with zero attached hydrogens (tertiary/aromatic N) is 1. The van der Waals surface area contributed by atoms with Crippen molar-refractivity contribution in [1.82, 2.24) is 10.2 Å². The molecule has 8 heteroatoms. The maximum atomic E-state index is 12.5. The average molecular weight is 420 g/mol. The van der Waals surface area contributed by atoms with Crippen molar-refractivity contribution >= 4 is 27.3 Å². The number of primary sulfonamides is 1. The van der Waals surface area contributed by atoms with Crippen molar-refractivity contribution in [3.8, 4) is 0 Å². The van der Waals surface area contributed by atoms with Crippen molar-refractivity contribution in [3.05, 3.63) is 51.7 Å². The number of nitrogens with one attached hydrogen (secondary N) is 1. The summed E-state index contributed by atoms with van der Waals surface area (Å²) >= 11 is 1.84. The number of carbonyl (C=O) groups excluding carboxylic acids is 1. The van der Waals surface area contributed by atoms with Crippen molar-refractivity contribution in [1.29, 1.82) is 0 Å². The highest BCUT2D eigenvalue weighted by atomic mass is 32.2. The van der Waals surface area contributed by atoms with Gasteiger partial charge in [0.15, 0.2) is 0 Å². The molecule has 4 rings (SSSR count). The Labute approximate surface area is 169 Å². The molecule has 3 N–H and O–H groups in total. The summed E-state index contributed by atoms with van der Waals surface area (Å²) in [6.07, 6.45) is 4.19. The highest BCUT2D eigenvalue weighted by molar-refractivity contribution is 7.89. The van der Waals surface area contributed by atoms with Gasteiger partial charge in [0.2, 0.25) is 15.9 Å². The second kappa shape index (κ2) is 7.94. The number of benzene rings is 1. The lowest BCUT2D eigenvalue weighted by Crippen LogP contribution is -2.43. The Bertz CT molecular complexity index is 949. The standard InChI is InChI=1S/C20H25N3O3S2/c21-28(25,26)16-5-1-14(2-6-16)7-10-22-19(24)13-23-11-8-18-17(9-12-27-18)20(23)15-3-4-15/h1-2,5-6,9,12,15,20H,3-4,7-8,10-11,13H2,(H,22,24)(H2,21,25,26)/t20-/m0/s1. The molecule has 1 saturated carbocycles. The Morgan fingerprint density at radius 1 is 1.21 bits per heavy atom. The van der Waals surface area contributed by atoms with Gasteiger partial charge in [-0.25, -0.2) is 13.6 Å². The summed E-state index contributed by atoms with van der Waals surface area (Å²) in [5, 5.41) is 10.3. The highest BCUT2D eigenvalue weighted by Gasteiger charge is 2.40. The number of sulfonamides is 1. The van der Waals surface area contributed by atoms with Crippen LogP contribution in [0.15, 0.2) is 40.6 Å². The van der Waals surface area contributed by atoms with Gasteiger partial charge in [-0.3, -0.25) is 9.69 Å². The van der Waals surface area contributed by atoms with E-state index in [0.717, 1.165) is 18.5 Å². The molecule has 2 heterocycles. The van der Waals surface area contributed by atoms with Crippen LogP contribution in [-0.4, -0.2) is 38.9 Å². The van der Waals surface area contributed by atoms with Gasteiger partial charge in [0, 0.05) is 24.0 Å². The topological polar surface area (TPSA) is 92.5 Å². The molecule has 0 unspecified atom stereocenters. The number of nitrogens with two attached hydrogens (primary N) is 1. The van der Waals surface area contributed by atoms with E-state index in [1.54, 1.807) is 12.1 Å². The Hall–Kier alpha value is -1.74. The molecule has 0 spiro atoms. The Morgan fingerprint density at radius 3 is 2.64 bits per heavy atom. The molecule has 1 aliphatic carbocycles. The molecule has 1 amide bonds. The fourth-order valence-electron chi connectivity index (χ4n) is 3.97. The van der Waals surface area contributed by atoms with Crippen LogP contribution in [0.5, 0.6) is 0 Å². The number of fused-ring (bicyclic) bond motifs is 1. The van der Waals surface area contributed by atoms with Crippen LogP contribution in [0, 0.1) is 5.92 Å². The quantitative estimate of drug-likeness (QED) is 0.719. The molecular formula is C20H25N3O3S2. The van der Waals surface area contributed by atoms with Gasteiger partial charge in [-0.15, -0.1) is 11.3 Å². The Balaban J connectivity index is 1.29. The highest BCUT2D eigenvalue weighted by Crippen LogP contribution is 2.48. The van der Waals surface area contributed by atoms with Gasteiger partial charge in [0.25, 0.3) is 0 Å². The molecule has 1 atom stereocenters. The predicted octanol–water partition coefficient (Wildman–Crippen LogP) is 2.06. The fourth-order valence-corrected chi connectivity index (χ4v) is 5.40. The molecule has 150 valence electrons. The number of amides is 1. The average Bonchev–Trinajstić information content (AvgIpc) is 3.37. The number of carbonyl (C=O) groups is 1. The van der Waals surface area contributed by atoms with E-state index in [9.17, 15) is 13.2 Å². The number of thiophene rings is 1. The lowest BCUT2D eigenvalue weighted by molar-refractivity contribution is -0.123. The summed E-state index contributed by atoms with van der Waals surface area (Å²) in [7, 11) is -3.67. The van der Waals surface area contributed by atoms with E-state index in [-0.39, 0.29) is 10.8 Å². The first kappa shape index (κ1) is 19.6. The van der Waals surface area contributed by atoms with Crippen LogP contribution in [0.4, 0.5) is 0 Å². The maximum Gasteiger partial charge on any atom is 0.238 e. The van der Waals surface area contributed by atoms with Crippen molar-refractivity contribution in [2.24, 2.45) is 11.1 Å². The summed E-state index contributed by atoms with van der Waals surface area (Å²) in [5.41, 5.74) is 2.39. The van der Waals surface area contributed by atoms with Crippen molar-refractivity contribution in [2.45, 2.75) is 36.6 Å². The van der Waals surface area contributed by atoms with Crippen LogP contribution in [0.2, 0.25) is 0 Å². The molecule has 6 nitrogen and oxygen atoms in total. The summed E-state index contributed by atoms with van der Waals surface area (Å²) in [6, 6.07) is 9.09. The lowest BCUT2D eigenvalue weighted by Gasteiger charge is -2.35. The van der Waals surface area contributed by atoms with Crippen LogP contribution < -0.4 is 10.5 Å². The smallest absolute Gasteiger partial charge is 0.238 e. The molecule has 1 aliphatic heterocycles. The second-order valence-corrected chi connectivity index (χ2v) is 10.2. The molecule has 28 heavy (non-hydrogen) atoms. The molecule has 1 fully saturated rings. The second-order valence-electron chi connectivity index (χ2n) is 7.59. The Kier molecular flexibility index (Phi) is 5.55. The van der Waals surface area contributed by atoms with Crippen molar-refractivity contribution in [2.75, 3.05) is 19.6 Å². The van der Waals surface area contributed by atoms with Crippen LogP contribution in [0.25, 0.3) is 0 Å². The van der Waals surface area contributed by atoms with Crippen LogP contribution in [0.3, 0.4) is 0 Å². The van der Waals surface area contributed by atoms with Gasteiger partial charge in [0.1, 0.15) is 0 Å². The van der Waals surface area contributed by atoms with E-state index >= 15 is 0 Å². The molecule has 0 saturated heterocycles. The minimum absolute atomic E-state index is 0.0467. The van der Waals surface area contributed by atoms with Gasteiger partial charge < -0.3 is 5.32 Å². The zero-order valence-corrected chi connectivity index (χ0v) is 17.3. The molecule has 2 aliphatic rings. The van der Waals surface area contributed by atoms with Crippen molar-refractivity contribution < 1.29 is 13.2 Å². The normalized spacial score (nSPS) is 20.0. The predicted molar refractivity (Wildman–Crippen MR) is 110 cm³/mol. The molecule has 2 aromatic rings. The van der Waals surface area contributed by atoms with Gasteiger partial charge in [-0.2, -0.15) is 0 Å². The van der Waals surface area contributed by atoms with E-state index in [4.69, 9.17) is 5.14 Å². The first-order valence-electron chi connectivity index (χ1n) is 9.60. The molecule has 0 radical (unpaired) electrons. The maximum absolute atomic E-state index is 12.5. The van der Waals surface area contributed by atoms with E-state index in [0.29, 0.717) is 31.5 Å². The summed E-state index contributed by atoms with van der Waals surface area (Å²) in [5.74, 6) is 0.740. The van der Waals surface area contributed by atoms with E-state index in [2.05, 4.69) is 21.7 Å². The lowest BCUT2D eigenvalue weighted by atomic mass is 9.96. The van der Waals surface area contributed by atoms with Crippen molar-refractivity contribution in [3.63, 3.8) is 0 Å². The zero-order chi connectivity index (χ0) is 19.7. The van der Waals surface area contributed by atoms with Gasteiger partial charge in [0.05, 0.1) is 11.4 Å². The third kappa shape index (κ3) is 4.46. The van der Waals surface area contributed by atoms with Gasteiger partial charge in [-0.05, 0) is 66.3 Å². The largest absolute Gasteiger partial charge is 0.355 e. The molecular weight excluding hydrogens is 394 g/mol. The first-order chi connectivity index (χ1) is 13.4. The minimum Gasteiger partial charge on any atom is -0.355 e. The summed E-state index contributed by atoms with van der Waals surface area (Å²) in [6.45, 7) is 1.90. The summed E-state index contributed by atoms with van der Waals surface area (Å²) in [4.78, 5) is 16.4. The van der Waals surface area contributed by atoms with Crippen LogP contribution in [-0.2, 0) is 27.7 Å². The third-order valence-electron chi connectivity index (χ3n) is 5.52. The van der Waals surface area contributed by atoms with Gasteiger partial charge in [-0.1, -0.05) is 12.1 Å². The Morgan fingerprint density at radius 2 is 1.96 bits per heavy atom. The number of hydrogen-bond donors (Lipinski definition) is 2. The molecule has 1 aromatic heterocycles. The summed E-state index contributed by atoms with van der Waals surface area (Å²) < 4.78 is 22.6.